The van der Waals surface area contributed by atoms with E-state index in [2.05, 4.69) is 0 Å². The average Bonchev–Trinajstić information content (AvgIpc) is 2.78. The second-order valence-corrected chi connectivity index (χ2v) is 9.79. The highest BCUT2D eigenvalue weighted by Crippen LogP contribution is 2.36. The van der Waals surface area contributed by atoms with Crippen LogP contribution in [-0.4, -0.2) is 15.4 Å². The molecule has 1 aromatic heterocycles. The molecular weight excluding hydrogens is 465 g/mol. The van der Waals surface area contributed by atoms with Crippen LogP contribution in [-0.2, 0) is 30.2 Å². The lowest BCUT2D eigenvalue weighted by Crippen LogP contribution is -2.16. The summed E-state index contributed by atoms with van der Waals surface area (Å²) in [6.07, 6.45) is -3.12. The van der Waals surface area contributed by atoms with Gasteiger partial charge >= 0.3 is 11.8 Å². The number of benzene rings is 2. The Morgan fingerprint density at radius 1 is 1.03 bits per heavy atom. The fraction of sp³-hybridized carbons (Fsp3) is 0.346. The molecule has 0 amide bonds. The van der Waals surface area contributed by atoms with Crippen LogP contribution in [0.5, 0.6) is 5.75 Å². The summed E-state index contributed by atoms with van der Waals surface area (Å²) in [7, 11) is 0. The number of rotatable bonds is 7. The van der Waals surface area contributed by atoms with E-state index < -0.39 is 34.5 Å². The number of hydrogen-bond acceptors (Lipinski definition) is 4. The Bertz CT molecular complexity index is 1190. The molecule has 4 nitrogen and oxygen atoms in total. The first-order valence-electron chi connectivity index (χ1n) is 11.0. The van der Waals surface area contributed by atoms with Gasteiger partial charge in [-0.05, 0) is 71.9 Å². The number of alkyl halides is 3. The predicted molar refractivity (Wildman–Crippen MR) is 127 cm³/mol. The fourth-order valence-electron chi connectivity index (χ4n) is 3.99. The second-order valence-electron chi connectivity index (χ2n) is 8.30. The van der Waals surface area contributed by atoms with Crippen LogP contribution in [0.2, 0.25) is 0 Å². The van der Waals surface area contributed by atoms with Gasteiger partial charge < -0.3 is 14.1 Å². The SMILES string of the molecule is CCc1cc(C)cc(CC)c1-c1c(O)cc(C(C)C[S+]([O-])c2ccc(C(F)(F)F)cc2)oc1=O. The van der Waals surface area contributed by atoms with Crippen LogP contribution < -0.4 is 5.63 Å². The van der Waals surface area contributed by atoms with Crippen molar-refractivity contribution < 1.29 is 27.2 Å². The van der Waals surface area contributed by atoms with Crippen LogP contribution in [0, 0.1) is 6.92 Å². The van der Waals surface area contributed by atoms with Crippen molar-refractivity contribution in [3.05, 3.63) is 80.9 Å². The largest absolute Gasteiger partial charge is 0.611 e. The van der Waals surface area contributed by atoms with Crippen LogP contribution in [0.1, 0.15) is 54.7 Å². The Labute approximate surface area is 199 Å². The molecule has 182 valence electrons. The van der Waals surface area contributed by atoms with Gasteiger partial charge in [-0.15, -0.1) is 0 Å². The maximum atomic E-state index is 13.0. The molecule has 2 aromatic carbocycles. The molecule has 0 fully saturated rings. The van der Waals surface area contributed by atoms with Gasteiger partial charge in [0.1, 0.15) is 22.8 Å². The fourth-order valence-corrected chi connectivity index (χ4v) is 5.24. The van der Waals surface area contributed by atoms with Gasteiger partial charge in [0, 0.05) is 6.07 Å². The van der Waals surface area contributed by atoms with Crippen LogP contribution in [0.4, 0.5) is 13.2 Å². The van der Waals surface area contributed by atoms with Crippen molar-refractivity contribution in [3.63, 3.8) is 0 Å². The van der Waals surface area contributed by atoms with Crippen LogP contribution in [0.3, 0.4) is 0 Å². The quantitative estimate of drug-likeness (QED) is 0.389. The Morgan fingerprint density at radius 3 is 2.06 bits per heavy atom. The number of hydrogen-bond donors (Lipinski definition) is 1. The molecule has 0 aliphatic heterocycles. The highest BCUT2D eigenvalue weighted by Gasteiger charge is 2.31. The van der Waals surface area contributed by atoms with Gasteiger partial charge in [0.05, 0.1) is 11.5 Å². The summed E-state index contributed by atoms with van der Waals surface area (Å²) in [6.45, 7) is 7.61. The van der Waals surface area contributed by atoms with Gasteiger partial charge in [-0.2, -0.15) is 13.2 Å². The van der Waals surface area contributed by atoms with Crippen LogP contribution >= 0.6 is 0 Å². The topological polar surface area (TPSA) is 73.5 Å². The van der Waals surface area contributed by atoms with Gasteiger partial charge in [0.2, 0.25) is 0 Å². The van der Waals surface area contributed by atoms with Crippen LogP contribution in [0.25, 0.3) is 11.1 Å². The molecule has 34 heavy (non-hydrogen) atoms. The molecule has 0 aliphatic carbocycles. The lowest BCUT2D eigenvalue weighted by molar-refractivity contribution is -0.137. The summed E-state index contributed by atoms with van der Waals surface area (Å²) in [5.74, 6) is -0.565. The van der Waals surface area contributed by atoms with Gasteiger partial charge in [0.15, 0.2) is 4.90 Å². The highest BCUT2D eigenvalue weighted by atomic mass is 32.2. The van der Waals surface area contributed by atoms with Crippen molar-refractivity contribution in [3.8, 4) is 16.9 Å². The minimum atomic E-state index is -4.47. The van der Waals surface area contributed by atoms with Gasteiger partial charge in [0.25, 0.3) is 0 Å². The molecule has 2 atom stereocenters. The second kappa shape index (κ2) is 10.3. The summed E-state index contributed by atoms with van der Waals surface area (Å²) >= 11 is -1.63. The summed E-state index contributed by atoms with van der Waals surface area (Å²) in [6, 6.07) is 9.46. The minimum Gasteiger partial charge on any atom is -0.611 e. The molecule has 8 heteroatoms. The standard InChI is InChI=1S/C26H27F3O4S/c1-5-17-11-15(3)12-18(6-2)23(17)24-21(30)13-22(33-25(24)31)16(4)14-34(32)20-9-7-19(8-10-20)26(27,28)29/h7-13,16,30H,5-6,14H2,1-4H3. The molecule has 0 radical (unpaired) electrons. The number of halogens is 3. The Balaban J connectivity index is 1.90. The van der Waals surface area contributed by atoms with Crippen molar-refractivity contribution in [1.82, 2.24) is 0 Å². The summed E-state index contributed by atoms with van der Waals surface area (Å²) in [5.41, 5.74) is 2.21. The van der Waals surface area contributed by atoms with E-state index in [1.54, 1.807) is 6.92 Å². The summed E-state index contributed by atoms with van der Waals surface area (Å²) < 4.78 is 56.5. The maximum absolute atomic E-state index is 13.0. The predicted octanol–water partition coefficient (Wildman–Crippen LogP) is 6.38. The first kappa shape index (κ1) is 25.9. The summed E-state index contributed by atoms with van der Waals surface area (Å²) in [4.78, 5) is 13.2. The first-order chi connectivity index (χ1) is 16.0. The van der Waals surface area contributed by atoms with E-state index in [0.29, 0.717) is 18.4 Å². The molecule has 0 aliphatic rings. The third-order valence-corrected chi connectivity index (χ3v) is 7.34. The van der Waals surface area contributed by atoms with E-state index in [9.17, 15) is 27.6 Å². The smallest absolute Gasteiger partial charge is 0.416 e. The van der Waals surface area contributed by atoms with E-state index in [-0.39, 0.29) is 27.7 Å². The number of aromatic hydroxyl groups is 1. The normalized spacial score (nSPS) is 13.6. The van der Waals surface area contributed by atoms with Gasteiger partial charge in [-0.25, -0.2) is 4.79 Å². The molecule has 3 aromatic rings. The van der Waals surface area contributed by atoms with E-state index in [1.165, 1.54) is 18.2 Å². The zero-order valence-electron chi connectivity index (χ0n) is 19.5. The molecule has 0 saturated carbocycles. The monoisotopic (exact) mass is 492 g/mol. The molecule has 1 heterocycles. The Morgan fingerprint density at radius 2 is 1.59 bits per heavy atom. The third kappa shape index (κ3) is 5.50. The van der Waals surface area contributed by atoms with E-state index in [1.807, 2.05) is 32.9 Å². The molecule has 1 N–H and O–H groups in total. The van der Waals surface area contributed by atoms with E-state index in [0.717, 1.165) is 28.8 Å². The lowest BCUT2D eigenvalue weighted by atomic mass is 9.90. The molecule has 0 spiro atoms. The molecular formula is C26H27F3O4S. The molecule has 2 unspecified atom stereocenters. The van der Waals surface area contributed by atoms with Crippen molar-refractivity contribution in [2.24, 2.45) is 0 Å². The van der Waals surface area contributed by atoms with E-state index >= 15 is 0 Å². The zero-order valence-corrected chi connectivity index (χ0v) is 20.3. The first-order valence-corrected chi connectivity index (χ1v) is 12.3. The van der Waals surface area contributed by atoms with Crippen molar-refractivity contribution in [2.45, 2.75) is 57.5 Å². The maximum Gasteiger partial charge on any atom is 0.416 e. The zero-order chi connectivity index (χ0) is 25.2. The minimum absolute atomic E-state index is 0.0119. The average molecular weight is 493 g/mol. The van der Waals surface area contributed by atoms with Crippen molar-refractivity contribution in [2.75, 3.05) is 5.75 Å². The molecule has 3 rings (SSSR count). The van der Waals surface area contributed by atoms with Gasteiger partial charge in [-0.3, -0.25) is 0 Å². The van der Waals surface area contributed by atoms with Gasteiger partial charge in [-0.1, -0.05) is 38.5 Å². The molecule has 0 saturated heterocycles. The van der Waals surface area contributed by atoms with Crippen molar-refractivity contribution >= 4 is 11.2 Å². The summed E-state index contributed by atoms with van der Waals surface area (Å²) in [5, 5.41) is 10.8. The molecule has 0 bridgehead atoms. The Kier molecular flexibility index (Phi) is 7.83. The van der Waals surface area contributed by atoms with Crippen molar-refractivity contribution in [1.29, 1.82) is 0 Å². The third-order valence-electron chi connectivity index (χ3n) is 5.74. The highest BCUT2D eigenvalue weighted by molar-refractivity contribution is 7.91. The Hall–Kier alpha value is -2.71. The van der Waals surface area contributed by atoms with Crippen LogP contribution in [0.15, 0.2) is 56.6 Å². The van der Waals surface area contributed by atoms with E-state index in [4.69, 9.17) is 4.42 Å². The lowest BCUT2D eigenvalue weighted by Gasteiger charge is -2.18. The number of aryl methyl sites for hydroxylation is 3.